The van der Waals surface area contributed by atoms with Crippen molar-refractivity contribution >= 4 is 85.9 Å². The zero-order chi connectivity index (χ0) is 36.0. The molecule has 0 bridgehead atoms. The standard InChI is InChI=1S/C52H32N2S/c1-2-10-33(11-3-1)35-18-23-39(24-19-35)53-49-27-22-38(30-44(49)45-32-52-46(31-50(45)53)42-15-7-9-17-51(42)55-52)37-21-26-48-43(29-37)41-14-6-8-16-47(41)54(48)40-25-20-34-12-4-5-13-36(34)28-40/h1-32H. The summed E-state index contributed by atoms with van der Waals surface area (Å²) in [5.41, 5.74) is 12.1. The third-order valence-electron chi connectivity index (χ3n) is 11.5. The van der Waals surface area contributed by atoms with Crippen molar-refractivity contribution in [1.82, 2.24) is 9.13 Å². The van der Waals surface area contributed by atoms with Gasteiger partial charge in [-0.1, -0.05) is 121 Å². The SMILES string of the molecule is c1ccc(-c2ccc(-n3c4ccc(-c5ccc6c(c5)c5ccccc5n6-c5ccc6ccccc6c5)cc4c4cc5sc6ccccc6c5cc43)cc2)cc1. The first kappa shape index (κ1) is 30.5. The predicted molar refractivity (Wildman–Crippen MR) is 236 cm³/mol. The monoisotopic (exact) mass is 716 g/mol. The maximum absolute atomic E-state index is 2.45. The number of fused-ring (bicyclic) bond motifs is 10. The van der Waals surface area contributed by atoms with E-state index >= 15 is 0 Å². The van der Waals surface area contributed by atoms with Gasteiger partial charge in [-0.15, -0.1) is 11.3 Å². The van der Waals surface area contributed by atoms with Crippen LogP contribution in [0.25, 0.3) is 108 Å². The second-order valence-electron chi connectivity index (χ2n) is 14.6. The summed E-state index contributed by atoms with van der Waals surface area (Å²) in [5, 5.41) is 10.2. The molecule has 2 nitrogen and oxygen atoms in total. The molecule has 0 aliphatic carbocycles. The zero-order valence-corrected chi connectivity index (χ0v) is 30.6. The van der Waals surface area contributed by atoms with E-state index in [9.17, 15) is 0 Å². The van der Waals surface area contributed by atoms with Gasteiger partial charge in [-0.25, -0.2) is 0 Å². The summed E-state index contributed by atoms with van der Waals surface area (Å²) in [4.78, 5) is 0. The van der Waals surface area contributed by atoms with E-state index in [4.69, 9.17) is 0 Å². The third-order valence-corrected chi connectivity index (χ3v) is 12.6. The van der Waals surface area contributed by atoms with Gasteiger partial charge in [0, 0.05) is 53.1 Å². The highest BCUT2D eigenvalue weighted by Gasteiger charge is 2.18. The second kappa shape index (κ2) is 11.8. The van der Waals surface area contributed by atoms with Gasteiger partial charge in [0.1, 0.15) is 0 Å². The Kier molecular flexibility index (Phi) is 6.54. The van der Waals surface area contributed by atoms with Crippen LogP contribution in [0, 0.1) is 0 Å². The average Bonchev–Trinajstić information content (AvgIpc) is 3.89. The fraction of sp³-hybridized carbons (Fsp3) is 0. The first-order valence-corrected chi connectivity index (χ1v) is 19.6. The number of aromatic nitrogens is 2. The number of rotatable bonds is 4. The van der Waals surface area contributed by atoms with Crippen LogP contribution in [0.3, 0.4) is 0 Å². The molecule has 0 N–H and O–H groups in total. The summed E-state index contributed by atoms with van der Waals surface area (Å²) in [6, 6.07) is 71.5. The molecule has 0 atom stereocenters. The summed E-state index contributed by atoms with van der Waals surface area (Å²) in [6.45, 7) is 0. The van der Waals surface area contributed by atoms with E-state index in [0.717, 1.165) is 5.69 Å². The minimum atomic E-state index is 1.16. The Labute approximate surface area is 321 Å². The van der Waals surface area contributed by atoms with E-state index in [-0.39, 0.29) is 0 Å². The molecule has 12 aromatic rings. The molecule has 0 spiro atoms. The van der Waals surface area contributed by atoms with Crippen LogP contribution in [0.4, 0.5) is 0 Å². The van der Waals surface area contributed by atoms with E-state index in [2.05, 4.69) is 203 Å². The number of para-hydroxylation sites is 1. The van der Waals surface area contributed by atoms with Gasteiger partial charge in [0.05, 0.1) is 22.1 Å². The number of hydrogen-bond donors (Lipinski definition) is 0. The van der Waals surface area contributed by atoms with Gasteiger partial charge in [0.2, 0.25) is 0 Å². The number of hydrogen-bond acceptors (Lipinski definition) is 1. The van der Waals surface area contributed by atoms with Crippen molar-refractivity contribution in [3.05, 3.63) is 194 Å². The van der Waals surface area contributed by atoms with Crippen LogP contribution >= 0.6 is 11.3 Å². The quantitative estimate of drug-likeness (QED) is 0.172. The summed E-state index contributed by atoms with van der Waals surface area (Å²) in [5.74, 6) is 0. The van der Waals surface area contributed by atoms with Crippen molar-refractivity contribution in [2.75, 3.05) is 0 Å². The third kappa shape index (κ3) is 4.67. The second-order valence-corrected chi connectivity index (χ2v) is 15.6. The van der Waals surface area contributed by atoms with Gasteiger partial charge < -0.3 is 9.13 Å². The predicted octanol–water partition coefficient (Wildman–Crippen LogP) is 14.7. The Balaban J connectivity index is 1.06. The van der Waals surface area contributed by atoms with Crippen LogP contribution < -0.4 is 0 Å². The van der Waals surface area contributed by atoms with E-state index in [0.29, 0.717) is 0 Å². The molecule has 0 radical (unpaired) electrons. The Hall–Kier alpha value is -6.94. The van der Waals surface area contributed by atoms with Crippen molar-refractivity contribution in [2.45, 2.75) is 0 Å². The first-order valence-electron chi connectivity index (χ1n) is 18.8. The summed E-state index contributed by atoms with van der Waals surface area (Å²) in [7, 11) is 0. The molecule has 256 valence electrons. The highest BCUT2D eigenvalue weighted by Crippen LogP contribution is 2.43. The Morgan fingerprint density at radius 3 is 1.64 bits per heavy atom. The Bertz CT molecular complexity index is 3470. The van der Waals surface area contributed by atoms with Gasteiger partial charge in [0.25, 0.3) is 0 Å². The van der Waals surface area contributed by atoms with Crippen LogP contribution in [-0.2, 0) is 0 Å². The lowest BCUT2D eigenvalue weighted by Gasteiger charge is -2.11. The van der Waals surface area contributed by atoms with E-state index < -0.39 is 0 Å². The molecule has 55 heavy (non-hydrogen) atoms. The molecule has 0 saturated carbocycles. The van der Waals surface area contributed by atoms with E-state index in [1.807, 2.05) is 11.3 Å². The fourth-order valence-corrected chi connectivity index (χ4v) is 10.0. The van der Waals surface area contributed by atoms with Gasteiger partial charge in [-0.3, -0.25) is 0 Å². The summed E-state index contributed by atoms with van der Waals surface area (Å²) < 4.78 is 7.51. The largest absolute Gasteiger partial charge is 0.309 e. The molecule has 9 aromatic carbocycles. The van der Waals surface area contributed by atoms with Crippen molar-refractivity contribution < 1.29 is 0 Å². The summed E-state index contributed by atoms with van der Waals surface area (Å²) in [6.07, 6.45) is 0. The molecule has 0 aliphatic heterocycles. The zero-order valence-electron chi connectivity index (χ0n) is 29.8. The van der Waals surface area contributed by atoms with Gasteiger partial charge in [-0.2, -0.15) is 0 Å². The molecular formula is C52H32N2S. The first-order chi connectivity index (χ1) is 27.2. The lowest BCUT2D eigenvalue weighted by atomic mass is 10.0. The van der Waals surface area contributed by atoms with Gasteiger partial charge in [0.15, 0.2) is 0 Å². The maximum Gasteiger partial charge on any atom is 0.0548 e. The normalized spacial score (nSPS) is 12.0. The molecule has 3 aromatic heterocycles. The molecule has 0 amide bonds. The fourth-order valence-electron chi connectivity index (χ4n) is 8.87. The van der Waals surface area contributed by atoms with Crippen LogP contribution in [0.5, 0.6) is 0 Å². The topological polar surface area (TPSA) is 9.86 Å². The highest BCUT2D eigenvalue weighted by molar-refractivity contribution is 7.25. The molecule has 3 heteroatoms. The Morgan fingerprint density at radius 2 is 0.836 bits per heavy atom. The van der Waals surface area contributed by atoms with Crippen LogP contribution in [0.15, 0.2) is 194 Å². The minimum absolute atomic E-state index is 1.16. The molecule has 0 aliphatic rings. The van der Waals surface area contributed by atoms with Crippen LogP contribution in [-0.4, -0.2) is 9.13 Å². The van der Waals surface area contributed by atoms with Crippen LogP contribution in [0.2, 0.25) is 0 Å². The molecular weight excluding hydrogens is 685 g/mol. The van der Waals surface area contributed by atoms with E-state index in [1.54, 1.807) is 0 Å². The number of benzene rings is 9. The summed E-state index contributed by atoms with van der Waals surface area (Å²) >= 11 is 1.88. The molecule has 0 saturated heterocycles. The highest BCUT2D eigenvalue weighted by atomic mass is 32.1. The number of thiophene rings is 1. The lowest BCUT2D eigenvalue weighted by Crippen LogP contribution is -1.94. The average molecular weight is 717 g/mol. The van der Waals surface area contributed by atoms with Crippen molar-refractivity contribution in [1.29, 1.82) is 0 Å². The smallest absolute Gasteiger partial charge is 0.0548 e. The van der Waals surface area contributed by atoms with Crippen molar-refractivity contribution in [2.24, 2.45) is 0 Å². The molecule has 0 unspecified atom stereocenters. The maximum atomic E-state index is 2.45. The Morgan fingerprint density at radius 1 is 0.273 bits per heavy atom. The van der Waals surface area contributed by atoms with Gasteiger partial charge >= 0.3 is 0 Å². The number of nitrogens with zero attached hydrogens (tertiary/aromatic N) is 2. The minimum Gasteiger partial charge on any atom is -0.309 e. The molecule has 0 fully saturated rings. The molecule has 3 heterocycles. The van der Waals surface area contributed by atoms with Gasteiger partial charge in [-0.05, 0) is 106 Å². The van der Waals surface area contributed by atoms with Crippen molar-refractivity contribution in [3.63, 3.8) is 0 Å². The van der Waals surface area contributed by atoms with Crippen molar-refractivity contribution in [3.8, 4) is 33.6 Å². The van der Waals surface area contributed by atoms with E-state index in [1.165, 1.54) is 102 Å². The van der Waals surface area contributed by atoms with Crippen LogP contribution in [0.1, 0.15) is 0 Å². The lowest BCUT2D eigenvalue weighted by molar-refractivity contribution is 1.18. The molecule has 12 rings (SSSR count).